The van der Waals surface area contributed by atoms with Crippen LogP contribution in [0, 0.1) is 5.92 Å². The number of carboxylic acids is 1. The van der Waals surface area contributed by atoms with Crippen molar-refractivity contribution in [3.8, 4) is 0 Å². The molecule has 0 atom stereocenters. The van der Waals surface area contributed by atoms with Gasteiger partial charge in [0.2, 0.25) is 5.91 Å². The molecular weight excluding hydrogens is 500 g/mol. The first-order valence-corrected chi connectivity index (χ1v) is 15.3. The van der Waals surface area contributed by atoms with E-state index in [-0.39, 0.29) is 18.2 Å². The largest absolute Gasteiger partial charge is 0.481 e. The molecule has 1 amide bonds. The molecule has 3 aromatic rings. The van der Waals surface area contributed by atoms with Crippen LogP contribution in [0.5, 0.6) is 0 Å². The summed E-state index contributed by atoms with van der Waals surface area (Å²) in [4.78, 5) is 33.8. The van der Waals surface area contributed by atoms with E-state index < -0.39 is 5.97 Å². The van der Waals surface area contributed by atoms with Crippen molar-refractivity contribution in [2.24, 2.45) is 5.92 Å². The molecule has 1 saturated carbocycles. The SMILES string of the molecule is CCCCN1CCC(c2c[nH]c3ccc(NC(=O)C4CCCCCC4)nc23)CC1.O=C(O)CCc1ccccc1. The van der Waals surface area contributed by atoms with Crippen LogP contribution in [0.4, 0.5) is 5.82 Å². The number of amides is 1. The fourth-order valence-corrected chi connectivity index (χ4v) is 5.92. The van der Waals surface area contributed by atoms with Crippen LogP contribution in [0.25, 0.3) is 11.0 Å². The lowest BCUT2D eigenvalue weighted by Gasteiger charge is -2.31. The molecule has 0 spiro atoms. The number of nitrogens with one attached hydrogen (secondary N) is 2. The van der Waals surface area contributed by atoms with Crippen LogP contribution < -0.4 is 5.32 Å². The van der Waals surface area contributed by atoms with Crippen molar-refractivity contribution in [1.29, 1.82) is 0 Å². The highest BCUT2D eigenvalue weighted by atomic mass is 16.4. The standard InChI is InChI=1S/C24H36N4O.C9H10O2/c1-2-3-14-28-15-12-18(13-16-28)20-17-25-21-10-11-22(26-23(20)21)27-24(29)19-8-6-4-5-7-9-19;10-9(11)7-6-8-4-2-1-3-5-8/h10-11,17-19,25H,2-9,12-16H2,1H3,(H,26,27,29);1-5H,6-7H2,(H,10,11). The van der Waals surface area contributed by atoms with E-state index in [1.165, 1.54) is 76.6 Å². The Balaban J connectivity index is 0.000000283. The average molecular weight is 547 g/mol. The fourth-order valence-electron chi connectivity index (χ4n) is 5.92. The molecule has 216 valence electrons. The van der Waals surface area contributed by atoms with Gasteiger partial charge in [0.1, 0.15) is 5.82 Å². The minimum atomic E-state index is -0.742. The first kappa shape index (κ1) is 29.8. The number of benzene rings is 1. The zero-order valence-electron chi connectivity index (χ0n) is 24.0. The Labute approximate surface area is 238 Å². The lowest BCUT2D eigenvalue weighted by Crippen LogP contribution is -2.33. The van der Waals surface area contributed by atoms with Crippen LogP contribution in [-0.4, -0.2) is 51.5 Å². The number of unbranched alkanes of at least 4 members (excludes halogenated alkanes) is 1. The maximum Gasteiger partial charge on any atom is 0.303 e. The summed E-state index contributed by atoms with van der Waals surface area (Å²) < 4.78 is 0. The van der Waals surface area contributed by atoms with Crippen molar-refractivity contribution >= 4 is 28.7 Å². The molecule has 40 heavy (non-hydrogen) atoms. The Morgan fingerprint density at radius 3 is 2.40 bits per heavy atom. The summed E-state index contributed by atoms with van der Waals surface area (Å²) in [7, 11) is 0. The number of carboxylic acid groups (broad SMARTS) is 1. The minimum Gasteiger partial charge on any atom is -0.481 e. The number of pyridine rings is 1. The molecule has 0 unspecified atom stereocenters. The number of rotatable bonds is 9. The molecule has 1 aliphatic carbocycles. The number of H-pyrrole nitrogens is 1. The Kier molecular flexibility index (Phi) is 11.6. The summed E-state index contributed by atoms with van der Waals surface area (Å²) in [5, 5.41) is 11.5. The third kappa shape index (κ3) is 8.91. The lowest BCUT2D eigenvalue weighted by molar-refractivity contribution is -0.137. The summed E-state index contributed by atoms with van der Waals surface area (Å²) in [5.41, 5.74) is 4.51. The van der Waals surface area contributed by atoms with Gasteiger partial charge in [0.25, 0.3) is 0 Å². The predicted molar refractivity (Wildman–Crippen MR) is 162 cm³/mol. The van der Waals surface area contributed by atoms with E-state index in [0.717, 1.165) is 29.4 Å². The van der Waals surface area contributed by atoms with Crippen LogP contribution in [0.3, 0.4) is 0 Å². The zero-order valence-corrected chi connectivity index (χ0v) is 24.0. The summed E-state index contributed by atoms with van der Waals surface area (Å²) in [5.74, 6) is 0.817. The number of likely N-dealkylation sites (tertiary alicyclic amines) is 1. The Morgan fingerprint density at radius 2 is 1.73 bits per heavy atom. The van der Waals surface area contributed by atoms with Gasteiger partial charge in [-0.25, -0.2) is 4.98 Å². The number of aromatic nitrogens is 2. The highest BCUT2D eigenvalue weighted by molar-refractivity contribution is 5.93. The van der Waals surface area contributed by atoms with Crippen molar-refractivity contribution in [1.82, 2.24) is 14.9 Å². The molecule has 0 bridgehead atoms. The molecule has 1 aliphatic heterocycles. The molecular formula is C33H46N4O3. The Bertz CT molecular complexity index is 1190. The molecule has 3 N–H and O–H groups in total. The molecule has 2 aliphatic rings. The maximum atomic E-state index is 12.7. The second-order valence-corrected chi connectivity index (χ2v) is 11.4. The van der Waals surface area contributed by atoms with Crippen LogP contribution in [0.15, 0.2) is 48.7 Å². The van der Waals surface area contributed by atoms with E-state index >= 15 is 0 Å². The third-order valence-electron chi connectivity index (χ3n) is 8.35. The number of carbonyl (C=O) groups excluding carboxylic acids is 1. The van der Waals surface area contributed by atoms with Gasteiger partial charge in [-0.2, -0.15) is 0 Å². The number of hydrogen-bond acceptors (Lipinski definition) is 4. The highest BCUT2D eigenvalue weighted by Crippen LogP contribution is 2.33. The van der Waals surface area contributed by atoms with Crippen molar-refractivity contribution in [2.75, 3.05) is 25.0 Å². The van der Waals surface area contributed by atoms with E-state index in [9.17, 15) is 9.59 Å². The van der Waals surface area contributed by atoms with E-state index in [1.807, 2.05) is 36.4 Å². The molecule has 2 aromatic heterocycles. The molecule has 1 saturated heterocycles. The van der Waals surface area contributed by atoms with Crippen molar-refractivity contribution in [2.45, 2.75) is 89.9 Å². The maximum absolute atomic E-state index is 12.7. The monoisotopic (exact) mass is 546 g/mol. The van der Waals surface area contributed by atoms with Crippen LogP contribution >= 0.6 is 0 Å². The Hall–Kier alpha value is -3.19. The van der Waals surface area contributed by atoms with Gasteiger partial charge in [-0.1, -0.05) is 69.4 Å². The highest BCUT2D eigenvalue weighted by Gasteiger charge is 2.24. The lowest BCUT2D eigenvalue weighted by atomic mass is 9.90. The molecule has 3 heterocycles. The second kappa shape index (κ2) is 15.6. The third-order valence-corrected chi connectivity index (χ3v) is 8.35. The fraction of sp³-hybridized carbons (Fsp3) is 0.545. The molecule has 1 aromatic carbocycles. The van der Waals surface area contributed by atoms with E-state index in [2.05, 4.69) is 34.4 Å². The second-order valence-electron chi connectivity index (χ2n) is 11.4. The normalized spacial score (nSPS) is 17.1. The van der Waals surface area contributed by atoms with Gasteiger partial charge >= 0.3 is 5.97 Å². The van der Waals surface area contributed by atoms with E-state index in [0.29, 0.717) is 18.2 Å². The predicted octanol–water partition coefficient (Wildman–Crippen LogP) is 7.16. The number of nitrogens with zero attached hydrogens (tertiary/aromatic N) is 2. The van der Waals surface area contributed by atoms with Gasteiger partial charge in [-0.3, -0.25) is 9.59 Å². The number of hydrogen-bond donors (Lipinski definition) is 3. The number of aliphatic carboxylic acids is 1. The molecule has 5 rings (SSSR count). The van der Waals surface area contributed by atoms with Crippen molar-refractivity contribution < 1.29 is 14.7 Å². The zero-order chi connectivity index (χ0) is 28.2. The summed E-state index contributed by atoms with van der Waals surface area (Å²) in [6.45, 7) is 5.84. The van der Waals surface area contributed by atoms with Gasteiger partial charge in [0, 0.05) is 18.5 Å². The van der Waals surface area contributed by atoms with Crippen LogP contribution in [-0.2, 0) is 16.0 Å². The number of piperidine rings is 1. The molecule has 2 fully saturated rings. The van der Waals surface area contributed by atoms with Crippen molar-refractivity contribution in [3.63, 3.8) is 0 Å². The van der Waals surface area contributed by atoms with Gasteiger partial charge in [0.15, 0.2) is 0 Å². The Morgan fingerprint density at radius 1 is 1.00 bits per heavy atom. The molecule has 7 nitrogen and oxygen atoms in total. The number of carbonyl (C=O) groups is 2. The number of fused-ring (bicyclic) bond motifs is 1. The summed E-state index contributed by atoms with van der Waals surface area (Å²) in [6, 6.07) is 13.6. The van der Waals surface area contributed by atoms with Crippen molar-refractivity contribution in [3.05, 3.63) is 59.8 Å². The minimum absolute atomic E-state index is 0.146. The summed E-state index contributed by atoms with van der Waals surface area (Å²) in [6.07, 6.45) is 14.8. The van der Waals surface area contributed by atoms with Gasteiger partial charge in [-0.05, 0) is 87.3 Å². The number of aromatic amines is 1. The average Bonchev–Trinajstić information content (AvgIpc) is 3.19. The van der Waals surface area contributed by atoms with E-state index in [4.69, 9.17) is 10.1 Å². The smallest absolute Gasteiger partial charge is 0.303 e. The van der Waals surface area contributed by atoms with Gasteiger partial charge in [-0.15, -0.1) is 0 Å². The molecule has 7 heteroatoms. The van der Waals surface area contributed by atoms with Gasteiger partial charge < -0.3 is 20.3 Å². The van der Waals surface area contributed by atoms with E-state index in [1.54, 1.807) is 0 Å². The van der Waals surface area contributed by atoms with Crippen LogP contribution in [0.1, 0.15) is 94.6 Å². The first-order chi connectivity index (χ1) is 19.5. The number of aryl methyl sites for hydroxylation is 1. The van der Waals surface area contributed by atoms with Crippen LogP contribution in [0.2, 0.25) is 0 Å². The number of anilines is 1. The van der Waals surface area contributed by atoms with Gasteiger partial charge in [0.05, 0.1) is 11.0 Å². The molecule has 0 radical (unpaired) electrons. The topological polar surface area (TPSA) is 98.3 Å². The first-order valence-electron chi connectivity index (χ1n) is 15.3. The quantitative estimate of drug-likeness (QED) is 0.248. The summed E-state index contributed by atoms with van der Waals surface area (Å²) >= 11 is 0.